The number of aliphatic hydroxyl groups excluding tert-OH is 1. The minimum absolute atomic E-state index is 0. The van der Waals surface area contributed by atoms with Crippen LogP contribution in [0, 0.1) is 6.92 Å². The molecular weight excluding hydrogens is 242 g/mol. The fourth-order valence-corrected chi connectivity index (χ4v) is 2.62. The van der Waals surface area contributed by atoms with E-state index in [9.17, 15) is 5.11 Å². The second kappa shape index (κ2) is 4.37. The Balaban J connectivity index is 0.00000108. The summed E-state index contributed by atoms with van der Waals surface area (Å²) in [5.41, 5.74) is 3.18. The zero-order chi connectivity index (χ0) is 11.3. The number of aliphatic hydroxyl groups is 1. The minimum atomic E-state index is -0.428. The van der Waals surface area contributed by atoms with E-state index in [2.05, 4.69) is 4.90 Å². The lowest BCUT2D eigenvalue weighted by Crippen LogP contribution is -2.30. The lowest BCUT2D eigenvalue weighted by molar-refractivity contribution is 0.107. The van der Waals surface area contributed by atoms with Gasteiger partial charge in [-0.25, -0.2) is 0 Å². The molecule has 2 aliphatic rings. The van der Waals surface area contributed by atoms with Crippen LogP contribution in [0.3, 0.4) is 0 Å². The summed E-state index contributed by atoms with van der Waals surface area (Å²) in [5, 5.41) is 10.1. The van der Waals surface area contributed by atoms with Crippen LogP contribution in [0.15, 0.2) is 6.07 Å². The van der Waals surface area contributed by atoms with Gasteiger partial charge in [0.15, 0.2) is 11.5 Å². The third kappa shape index (κ3) is 1.86. The maximum atomic E-state index is 10.1. The highest BCUT2D eigenvalue weighted by molar-refractivity contribution is 5.85. The van der Waals surface area contributed by atoms with Gasteiger partial charge in [-0.15, -0.1) is 12.4 Å². The molecule has 2 heterocycles. The van der Waals surface area contributed by atoms with Crippen LogP contribution < -0.4 is 9.47 Å². The number of likely N-dealkylation sites (N-methyl/N-ethyl adjacent to an activating group) is 1. The standard InChI is InChI=1S/C12H15NO3.ClH/c1-7-11-8(4-13(2)5-9(11)14)3-10-12(7)16-6-15-10;/h3,9,14H,4-6H2,1-2H3;1H. The van der Waals surface area contributed by atoms with E-state index in [-0.39, 0.29) is 19.2 Å². The Morgan fingerprint density at radius 3 is 2.94 bits per heavy atom. The zero-order valence-electron chi connectivity index (χ0n) is 9.90. The fourth-order valence-electron chi connectivity index (χ4n) is 2.62. The van der Waals surface area contributed by atoms with Gasteiger partial charge >= 0.3 is 0 Å². The van der Waals surface area contributed by atoms with Crippen LogP contribution in [-0.2, 0) is 6.54 Å². The second-order valence-electron chi connectivity index (χ2n) is 4.52. The number of hydrogen-bond donors (Lipinski definition) is 1. The lowest BCUT2D eigenvalue weighted by Gasteiger charge is -2.30. The van der Waals surface area contributed by atoms with Gasteiger partial charge in [-0.2, -0.15) is 0 Å². The van der Waals surface area contributed by atoms with E-state index >= 15 is 0 Å². The summed E-state index contributed by atoms with van der Waals surface area (Å²) in [6.45, 7) is 3.79. The Kier molecular flexibility index (Phi) is 3.21. The monoisotopic (exact) mass is 257 g/mol. The maximum absolute atomic E-state index is 10.1. The molecule has 0 fully saturated rings. The number of hydrogen-bond acceptors (Lipinski definition) is 4. The topological polar surface area (TPSA) is 41.9 Å². The normalized spacial score (nSPS) is 21.9. The van der Waals surface area contributed by atoms with Gasteiger partial charge in [0.1, 0.15) is 0 Å². The van der Waals surface area contributed by atoms with E-state index in [1.54, 1.807) is 0 Å². The molecule has 0 amide bonds. The molecular formula is C12H16ClNO3. The molecule has 0 saturated heterocycles. The molecule has 0 spiro atoms. The van der Waals surface area contributed by atoms with Crippen LogP contribution in [0.5, 0.6) is 11.5 Å². The Bertz CT molecular complexity index is 450. The Morgan fingerprint density at radius 1 is 1.41 bits per heavy atom. The van der Waals surface area contributed by atoms with Crippen LogP contribution in [0.4, 0.5) is 0 Å². The highest BCUT2D eigenvalue weighted by Crippen LogP contribution is 2.42. The number of halogens is 1. The van der Waals surface area contributed by atoms with Crippen molar-refractivity contribution in [2.75, 3.05) is 20.4 Å². The molecule has 5 heteroatoms. The fraction of sp³-hybridized carbons (Fsp3) is 0.500. The average molecular weight is 258 g/mol. The zero-order valence-corrected chi connectivity index (χ0v) is 10.7. The minimum Gasteiger partial charge on any atom is -0.454 e. The van der Waals surface area contributed by atoms with E-state index < -0.39 is 6.10 Å². The largest absolute Gasteiger partial charge is 0.454 e. The molecule has 0 aliphatic carbocycles. The molecule has 1 aromatic rings. The van der Waals surface area contributed by atoms with Crippen molar-refractivity contribution in [2.45, 2.75) is 19.6 Å². The molecule has 1 unspecified atom stereocenters. The molecule has 0 radical (unpaired) electrons. The van der Waals surface area contributed by atoms with Crippen LogP contribution >= 0.6 is 12.4 Å². The van der Waals surface area contributed by atoms with E-state index in [1.165, 1.54) is 0 Å². The van der Waals surface area contributed by atoms with Gasteiger partial charge in [0.05, 0.1) is 6.10 Å². The van der Waals surface area contributed by atoms with Gasteiger partial charge in [0.25, 0.3) is 0 Å². The number of ether oxygens (including phenoxy) is 2. The highest BCUT2D eigenvalue weighted by atomic mass is 35.5. The molecule has 0 saturated carbocycles. The number of benzene rings is 1. The van der Waals surface area contributed by atoms with Crippen molar-refractivity contribution in [1.82, 2.24) is 4.90 Å². The van der Waals surface area contributed by atoms with Crippen molar-refractivity contribution in [3.05, 3.63) is 22.8 Å². The van der Waals surface area contributed by atoms with E-state index in [0.29, 0.717) is 6.54 Å². The van der Waals surface area contributed by atoms with Crippen molar-refractivity contribution in [1.29, 1.82) is 0 Å². The van der Waals surface area contributed by atoms with Crippen LogP contribution in [0.2, 0.25) is 0 Å². The summed E-state index contributed by atoms with van der Waals surface area (Å²) in [4.78, 5) is 2.11. The quantitative estimate of drug-likeness (QED) is 0.767. The predicted molar refractivity (Wildman–Crippen MR) is 65.8 cm³/mol. The molecule has 4 nitrogen and oxygen atoms in total. The third-order valence-electron chi connectivity index (χ3n) is 3.30. The first-order chi connectivity index (χ1) is 7.66. The van der Waals surface area contributed by atoms with Crippen LogP contribution in [-0.4, -0.2) is 30.4 Å². The number of β-amino-alcohol motifs (C(OH)–C–C–N with tert-alkyl or cyclic N) is 1. The summed E-state index contributed by atoms with van der Waals surface area (Å²) in [5.74, 6) is 1.60. The first-order valence-corrected chi connectivity index (χ1v) is 5.45. The molecule has 1 atom stereocenters. The van der Waals surface area contributed by atoms with Gasteiger partial charge in [-0.1, -0.05) is 0 Å². The van der Waals surface area contributed by atoms with Crippen LogP contribution in [0.25, 0.3) is 0 Å². The molecule has 94 valence electrons. The van der Waals surface area contributed by atoms with Crippen molar-refractivity contribution < 1.29 is 14.6 Å². The lowest BCUT2D eigenvalue weighted by atomic mass is 9.92. The van der Waals surface area contributed by atoms with Gasteiger partial charge in [-0.05, 0) is 31.2 Å². The summed E-state index contributed by atoms with van der Waals surface area (Å²) in [6, 6.07) is 1.99. The van der Waals surface area contributed by atoms with Crippen molar-refractivity contribution in [3.63, 3.8) is 0 Å². The molecule has 1 aromatic carbocycles. The highest BCUT2D eigenvalue weighted by Gasteiger charge is 2.29. The molecule has 17 heavy (non-hydrogen) atoms. The third-order valence-corrected chi connectivity index (χ3v) is 3.30. The van der Waals surface area contributed by atoms with E-state index in [1.807, 2.05) is 20.0 Å². The molecule has 0 aromatic heterocycles. The van der Waals surface area contributed by atoms with Crippen molar-refractivity contribution in [2.24, 2.45) is 0 Å². The maximum Gasteiger partial charge on any atom is 0.231 e. The van der Waals surface area contributed by atoms with Gasteiger partial charge in [0.2, 0.25) is 6.79 Å². The number of rotatable bonds is 0. The second-order valence-corrected chi connectivity index (χ2v) is 4.52. The Labute approximate surface area is 107 Å². The van der Waals surface area contributed by atoms with Crippen molar-refractivity contribution in [3.8, 4) is 11.5 Å². The Hall–Kier alpha value is -0.970. The number of nitrogens with zero attached hydrogens (tertiary/aromatic N) is 1. The molecule has 3 rings (SSSR count). The van der Waals surface area contributed by atoms with E-state index in [0.717, 1.165) is 34.7 Å². The molecule has 2 aliphatic heterocycles. The summed E-state index contributed by atoms with van der Waals surface area (Å²) < 4.78 is 10.8. The first-order valence-electron chi connectivity index (χ1n) is 5.45. The average Bonchev–Trinajstić information content (AvgIpc) is 2.64. The SMILES string of the molecule is Cc1c2c(cc3c1C(O)CN(C)C3)OCO2.Cl. The smallest absolute Gasteiger partial charge is 0.231 e. The Morgan fingerprint density at radius 2 is 2.18 bits per heavy atom. The van der Waals surface area contributed by atoms with Gasteiger partial charge in [-0.3, -0.25) is 4.90 Å². The first kappa shape index (κ1) is 12.5. The number of fused-ring (bicyclic) bond motifs is 2. The summed E-state index contributed by atoms with van der Waals surface area (Å²) in [7, 11) is 2.01. The van der Waals surface area contributed by atoms with Crippen LogP contribution in [0.1, 0.15) is 22.8 Å². The summed E-state index contributed by atoms with van der Waals surface area (Å²) >= 11 is 0. The van der Waals surface area contributed by atoms with Gasteiger partial charge < -0.3 is 14.6 Å². The van der Waals surface area contributed by atoms with Gasteiger partial charge in [0, 0.05) is 18.7 Å². The van der Waals surface area contributed by atoms with Crippen molar-refractivity contribution >= 4 is 12.4 Å². The van der Waals surface area contributed by atoms with E-state index in [4.69, 9.17) is 9.47 Å². The molecule has 0 bridgehead atoms. The predicted octanol–water partition coefficient (Wildman–Crippen LogP) is 1.62. The molecule has 1 N–H and O–H groups in total. The summed E-state index contributed by atoms with van der Waals surface area (Å²) in [6.07, 6.45) is -0.428.